The van der Waals surface area contributed by atoms with Gasteiger partial charge in [-0.2, -0.15) is 0 Å². The van der Waals surface area contributed by atoms with Gasteiger partial charge in [-0.1, -0.05) is 25.0 Å². The summed E-state index contributed by atoms with van der Waals surface area (Å²) in [5, 5.41) is 6.58. The number of hydrogen-bond donors (Lipinski definition) is 2. The molecule has 2 aliphatic rings. The van der Waals surface area contributed by atoms with Crippen LogP contribution in [0.2, 0.25) is 0 Å². The molecule has 1 atom stereocenters. The molecule has 6 nitrogen and oxygen atoms in total. The molecule has 2 fully saturated rings. The lowest BCUT2D eigenvalue weighted by molar-refractivity contribution is -0.274. The fourth-order valence-corrected chi connectivity index (χ4v) is 4.08. The number of benzene rings is 1. The van der Waals surface area contributed by atoms with Crippen LogP contribution in [0.5, 0.6) is 5.75 Å². The van der Waals surface area contributed by atoms with Gasteiger partial charge in [0.05, 0.1) is 0 Å². The van der Waals surface area contributed by atoms with E-state index in [9.17, 15) is 18.0 Å². The molecular weight excluding hydrogens is 524 g/mol. The quantitative estimate of drug-likeness (QED) is 0.320. The molecule has 2 N–H and O–H groups in total. The first kappa shape index (κ1) is 25.5. The first-order valence-corrected chi connectivity index (χ1v) is 10.4. The van der Waals surface area contributed by atoms with Gasteiger partial charge in [-0.3, -0.25) is 9.79 Å². The number of rotatable bonds is 6. The number of carbonyl (C=O) groups excluding carboxylic acids is 1. The number of nitrogens with one attached hydrogen (secondary N) is 2. The zero-order valence-corrected chi connectivity index (χ0v) is 19.9. The van der Waals surface area contributed by atoms with Crippen LogP contribution >= 0.6 is 24.0 Å². The highest BCUT2D eigenvalue weighted by Gasteiger charge is 2.32. The summed E-state index contributed by atoms with van der Waals surface area (Å²) in [6, 6.07) is 6.01. The van der Waals surface area contributed by atoms with Crippen molar-refractivity contribution in [1.82, 2.24) is 15.5 Å². The molecule has 1 aliphatic carbocycles. The first-order chi connectivity index (χ1) is 14.3. The van der Waals surface area contributed by atoms with Gasteiger partial charge >= 0.3 is 6.36 Å². The molecule has 0 spiro atoms. The number of likely N-dealkylation sites (tertiary alicyclic amines) is 1. The molecule has 1 aliphatic heterocycles. The van der Waals surface area contributed by atoms with E-state index in [1.807, 2.05) is 4.90 Å². The summed E-state index contributed by atoms with van der Waals surface area (Å²) in [5.41, 5.74) is 0.890. The molecule has 0 aromatic heterocycles. The molecule has 10 heteroatoms. The maximum atomic E-state index is 12.6. The lowest BCUT2D eigenvalue weighted by Gasteiger charge is -2.21. The molecule has 0 bridgehead atoms. The van der Waals surface area contributed by atoms with Crippen molar-refractivity contribution in [2.75, 3.05) is 26.7 Å². The molecule has 1 aromatic carbocycles. The van der Waals surface area contributed by atoms with Crippen molar-refractivity contribution < 1.29 is 22.7 Å². The van der Waals surface area contributed by atoms with Crippen LogP contribution in [0.3, 0.4) is 0 Å². The minimum atomic E-state index is -4.68. The summed E-state index contributed by atoms with van der Waals surface area (Å²) in [7, 11) is 1.69. The molecule has 1 saturated carbocycles. The van der Waals surface area contributed by atoms with Crippen LogP contribution in [-0.4, -0.2) is 55.9 Å². The van der Waals surface area contributed by atoms with Crippen molar-refractivity contribution in [1.29, 1.82) is 0 Å². The average molecular weight is 554 g/mol. The minimum Gasteiger partial charge on any atom is -0.406 e. The van der Waals surface area contributed by atoms with Crippen molar-refractivity contribution in [3.8, 4) is 5.75 Å². The van der Waals surface area contributed by atoms with Crippen molar-refractivity contribution >= 4 is 35.8 Å². The summed E-state index contributed by atoms with van der Waals surface area (Å²) in [6.07, 6.45) is 1.17. The zero-order valence-electron chi connectivity index (χ0n) is 17.6. The highest BCUT2D eigenvalue weighted by Crippen LogP contribution is 2.28. The first-order valence-electron chi connectivity index (χ1n) is 10.4. The van der Waals surface area contributed by atoms with E-state index in [2.05, 4.69) is 20.4 Å². The number of halogens is 4. The summed E-state index contributed by atoms with van der Waals surface area (Å²) in [5.74, 6) is 0.925. The lowest BCUT2D eigenvalue weighted by Crippen LogP contribution is -2.45. The van der Waals surface area contributed by atoms with E-state index in [1.165, 1.54) is 12.1 Å². The maximum Gasteiger partial charge on any atom is 0.573 e. The van der Waals surface area contributed by atoms with Gasteiger partial charge in [0.1, 0.15) is 5.75 Å². The predicted molar refractivity (Wildman–Crippen MR) is 124 cm³/mol. The van der Waals surface area contributed by atoms with Gasteiger partial charge in [0.25, 0.3) is 0 Å². The maximum absolute atomic E-state index is 12.6. The predicted octanol–water partition coefficient (Wildman–Crippen LogP) is 3.70. The van der Waals surface area contributed by atoms with E-state index in [0.717, 1.165) is 44.2 Å². The highest BCUT2D eigenvalue weighted by molar-refractivity contribution is 14.0. The molecular formula is C21H30F3IN4O2. The highest BCUT2D eigenvalue weighted by atomic mass is 127. The number of ether oxygens (including phenoxy) is 1. The van der Waals surface area contributed by atoms with E-state index < -0.39 is 6.36 Å². The van der Waals surface area contributed by atoms with E-state index in [-0.39, 0.29) is 47.6 Å². The Balaban J connectivity index is 0.00000341. The van der Waals surface area contributed by atoms with E-state index in [0.29, 0.717) is 25.5 Å². The number of alkyl halides is 3. The van der Waals surface area contributed by atoms with Crippen LogP contribution in [0.15, 0.2) is 29.3 Å². The van der Waals surface area contributed by atoms with Gasteiger partial charge in [0.2, 0.25) is 5.91 Å². The number of nitrogens with zero attached hydrogens (tertiary/aromatic N) is 2. The summed E-state index contributed by atoms with van der Waals surface area (Å²) >= 11 is 0. The van der Waals surface area contributed by atoms with Crippen LogP contribution in [-0.2, 0) is 11.2 Å². The number of hydrogen-bond acceptors (Lipinski definition) is 3. The Morgan fingerprint density at radius 2 is 1.87 bits per heavy atom. The molecule has 1 amide bonds. The van der Waals surface area contributed by atoms with Crippen LogP contribution in [0.4, 0.5) is 13.2 Å². The fourth-order valence-electron chi connectivity index (χ4n) is 4.08. The van der Waals surface area contributed by atoms with Crippen molar-refractivity contribution in [2.45, 2.75) is 50.9 Å². The zero-order chi connectivity index (χ0) is 21.6. The normalized spacial score (nSPS) is 19.8. The third-order valence-electron chi connectivity index (χ3n) is 5.63. The van der Waals surface area contributed by atoms with Crippen molar-refractivity contribution in [3.63, 3.8) is 0 Å². The van der Waals surface area contributed by atoms with Crippen molar-refractivity contribution in [2.24, 2.45) is 10.9 Å². The second-order valence-corrected chi connectivity index (χ2v) is 7.84. The smallest absolute Gasteiger partial charge is 0.406 e. The SMILES string of the molecule is CN=C(NCCc1ccc(OC(F)(F)F)cc1)NC1CCN(C(=O)C2CCCC2)C1.I. The van der Waals surface area contributed by atoms with Gasteiger partial charge < -0.3 is 20.3 Å². The second kappa shape index (κ2) is 11.8. The molecule has 1 aromatic rings. The van der Waals surface area contributed by atoms with E-state index in [1.54, 1.807) is 19.2 Å². The topological polar surface area (TPSA) is 66.0 Å². The Morgan fingerprint density at radius 3 is 2.48 bits per heavy atom. The third kappa shape index (κ3) is 8.04. The van der Waals surface area contributed by atoms with Gasteiger partial charge in [0.15, 0.2) is 5.96 Å². The molecule has 1 heterocycles. The van der Waals surface area contributed by atoms with Gasteiger partial charge in [-0.25, -0.2) is 0 Å². The molecule has 0 radical (unpaired) electrons. The van der Waals surface area contributed by atoms with Crippen LogP contribution < -0.4 is 15.4 Å². The minimum absolute atomic E-state index is 0. The molecule has 174 valence electrons. The number of carbonyl (C=O) groups is 1. The monoisotopic (exact) mass is 554 g/mol. The molecule has 3 rings (SSSR count). The van der Waals surface area contributed by atoms with Crippen LogP contribution in [0.25, 0.3) is 0 Å². The summed E-state index contributed by atoms with van der Waals surface area (Å²) in [4.78, 5) is 18.8. The van der Waals surface area contributed by atoms with Crippen LogP contribution in [0, 0.1) is 5.92 Å². The summed E-state index contributed by atoms with van der Waals surface area (Å²) in [6.45, 7) is 2.05. The van der Waals surface area contributed by atoms with Gasteiger partial charge in [-0.15, -0.1) is 37.1 Å². The van der Waals surface area contributed by atoms with E-state index >= 15 is 0 Å². The molecule has 1 unspecified atom stereocenters. The van der Waals surface area contributed by atoms with Crippen LogP contribution in [0.1, 0.15) is 37.7 Å². The Kier molecular flexibility index (Phi) is 9.70. The fraction of sp³-hybridized carbons (Fsp3) is 0.619. The lowest BCUT2D eigenvalue weighted by atomic mass is 10.1. The summed E-state index contributed by atoms with van der Waals surface area (Å²) < 4.78 is 40.5. The number of aliphatic imine (C=N–C) groups is 1. The number of guanidine groups is 1. The standard InChI is InChI=1S/C21H29F3N4O2.HI/c1-25-20(26-12-10-15-6-8-18(9-7-15)30-21(22,23)24)27-17-11-13-28(14-17)19(29)16-4-2-3-5-16;/h6-9,16-17H,2-5,10-14H2,1H3,(H2,25,26,27);1H. The number of amides is 1. The van der Waals surface area contributed by atoms with Gasteiger partial charge in [0, 0.05) is 38.6 Å². The van der Waals surface area contributed by atoms with Crippen molar-refractivity contribution in [3.05, 3.63) is 29.8 Å². The molecule has 31 heavy (non-hydrogen) atoms. The average Bonchev–Trinajstić information content (AvgIpc) is 3.39. The van der Waals surface area contributed by atoms with E-state index in [4.69, 9.17) is 0 Å². The Morgan fingerprint density at radius 1 is 1.19 bits per heavy atom. The Bertz CT molecular complexity index is 737. The Hall–Kier alpha value is -1.72. The molecule has 1 saturated heterocycles. The Labute approximate surface area is 198 Å². The third-order valence-corrected chi connectivity index (χ3v) is 5.63. The largest absolute Gasteiger partial charge is 0.573 e. The van der Waals surface area contributed by atoms with Gasteiger partial charge in [-0.05, 0) is 43.4 Å². The second-order valence-electron chi connectivity index (χ2n) is 7.84.